The van der Waals surface area contributed by atoms with Gasteiger partial charge in [-0.05, 0) is 12.5 Å². The van der Waals surface area contributed by atoms with E-state index in [1.807, 2.05) is 0 Å². The zero-order chi connectivity index (χ0) is 11.5. The van der Waals surface area contributed by atoms with Crippen LogP contribution in [0.3, 0.4) is 0 Å². The molecule has 0 aromatic carbocycles. The van der Waals surface area contributed by atoms with Crippen molar-refractivity contribution in [3.8, 4) is 0 Å². The van der Waals surface area contributed by atoms with Gasteiger partial charge in [0, 0.05) is 19.0 Å². The van der Waals surface area contributed by atoms with Crippen molar-refractivity contribution in [3.05, 3.63) is 18.0 Å². The van der Waals surface area contributed by atoms with Crippen LogP contribution in [0.5, 0.6) is 0 Å². The molecule has 0 radical (unpaired) electrons. The normalized spacial score (nSPS) is 11.5. The van der Waals surface area contributed by atoms with Crippen LogP contribution < -0.4 is 0 Å². The fourth-order valence-corrected chi connectivity index (χ4v) is 1.82. The molecule has 0 aliphatic rings. The minimum atomic E-state index is -3.00. The summed E-state index contributed by atoms with van der Waals surface area (Å²) in [7, 11) is -3.00. The van der Waals surface area contributed by atoms with Gasteiger partial charge < -0.3 is 5.11 Å². The van der Waals surface area contributed by atoms with Gasteiger partial charge in [-0.2, -0.15) is 5.10 Å². The second-order valence-corrected chi connectivity index (χ2v) is 5.49. The molecule has 0 unspecified atom stereocenters. The molecule has 0 aliphatic heterocycles. The number of aromatic carboxylic acids is 1. The Morgan fingerprint density at radius 2 is 2.27 bits per heavy atom. The van der Waals surface area contributed by atoms with Gasteiger partial charge in [-0.15, -0.1) is 0 Å². The molecule has 0 saturated heterocycles. The minimum Gasteiger partial charge on any atom is -0.477 e. The predicted molar refractivity (Wildman–Crippen MR) is 53.5 cm³/mol. The summed E-state index contributed by atoms with van der Waals surface area (Å²) in [5.41, 5.74) is 0.0727. The first-order valence-corrected chi connectivity index (χ1v) is 6.39. The second kappa shape index (κ2) is 4.43. The Kier molecular flexibility index (Phi) is 3.46. The third-order valence-corrected chi connectivity index (χ3v) is 2.85. The van der Waals surface area contributed by atoms with E-state index in [2.05, 4.69) is 5.10 Å². The lowest BCUT2D eigenvalue weighted by Gasteiger charge is -2.03. The Balaban J connectivity index is 2.58. The van der Waals surface area contributed by atoms with Crippen LogP contribution in [-0.2, 0) is 16.4 Å². The number of aromatic nitrogens is 2. The first kappa shape index (κ1) is 11.7. The first-order valence-electron chi connectivity index (χ1n) is 4.33. The molecule has 1 aromatic rings. The Morgan fingerprint density at radius 1 is 1.60 bits per heavy atom. The van der Waals surface area contributed by atoms with Crippen molar-refractivity contribution in [2.24, 2.45) is 0 Å². The molecule has 0 aliphatic carbocycles. The third kappa shape index (κ3) is 3.70. The number of hydrogen-bond acceptors (Lipinski definition) is 4. The number of carboxylic acids is 1. The van der Waals surface area contributed by atoms with Gasteiger partial charge in [0.05, 0.1) is 5.75 Å². The van der Waals surface area contributed by atoms with Crippen molar-refractivity contribution < 1.29 is 18.3 Å². The van der Waals surface area contributed by atoms with Crippen molar-refractivity contribution in [3.63, 3.8) is 0 Å². The summed E-state index contributed by atoms with van der Waals surface area (Å²) in [5.74, 6) is -1.03. The quantitative estimate of drug-likeness (QED) is 0.772. The van der Waals surface area contributed by atoms with Crippen LogP contribution in [-0.4, -0.2) is 41.3 Å². The van der Waals surface area contributed by atoms with Gasteiger partial charge in [-0.25, -0.2) is 13.2 Å². The molecule has 15 heavy (non-hydrogen) atoms. The first-order chi connectivity index (χ1) is 6.90. The van der Waals surface area contributed by atoms with Crippen molar-refractivity contribution in [2.75, 3.05) is 12.0 Å². The predicted octanol–water partition coefficient (Wildman–Crippen LogP) is 0.0160. The van der Waals surface area contributed by atoms with Gasteiger partial charge in [0.15, 0.2) is 0 Å². The van der Waals surface area contributed by atoms with Crippen LogP contribution in [0.4, 0.5) is 0 Å². The van der Waals surface area contributed by atoms with E-state index in [-0.39, 0.29) is 11.4 Å². The van der Waals surface area contributed by atoms with E-state index in [0.717, 1.165) is 6.26 Å². The summed E-state index contributed by atoms with van der Waals surface area (Å²) < 4.78 is 23.0. The third-order valence-electron chi connectivity index (χ3n) is 1.82. The number of aryl methyl sites for hydroxylation is 1. The van der Waals surface area contributed by atoms with Crippen molar-refractivity contribution in [1.82, 2.24) is 9.78 Å². The van der Waals surface area contributed by atoms with E-state index in [1.165, 1.54) is 16.9 Å². The molecule has 0 atom stereocenters. The van der Waals surface area contributed by atoms with E-state index < -0.39 is 15.8 Å². The molecule has 84 valence electrons. The van der Waals surface area contributed by atoms with Gasteiger partial charge in [0.2, 0.25) is 0 Å². The highest BCUT2D eigenvalue weighted by atomic mass is 32.2. The number of rotatable bonds is 5. The van der Waals surface area contributed by atoms with Crippen LogP contribution in [0.25, 0.3) is 0 Å². The average Bonchev–Trinajstić information content (AvgIpc) is 2.49. The lowest BCUT2D eigenvalue weighted by Crippen LogP contribution is -2.13. The van der Waals surface area contributed by atoms with Crippen LogP contribution in [0.2, 0.25) is 0 Å². The van der Waals surface area contributed by atoms with E-state index in [1.54, 1.807) is 0 Å². The van der Waals surface area contributed by atoms with Crippen LogP contribution in [0.15, 0.2) is 12.3 Å². The van der Waals surface area contributed by atoms with Gasteiger partial charge in [-0.3, -0.25) is 4.68 Å². The molecular formula is C8H12N2O4S. The second-order valence-electron chi connectivity index (χ2n) is 3.23. The van der Waals surface area contributed by atoms with Gasteiger partial charge >= 0.3 is 5.97 Å². The van der Waals surface area contributed by atoms with E-state index in [0.29, 0.717) is 13.0 Å². The van der Waals surface area contributed by atoms with Crippen molar-refractivity contribution in [2.45, 2.75) is 13.0 Å². The molecule has 0 saturated carbocycles. The van der Waals surface area contributed by atoms with Crippen molar-refractivity contribution >= 4 is 15.8 Å². The summed E-state index contributed by atoms with van der Waals surface area (Å²) in [6.07, 6.45) is 2.89. The molecule has 0 bridgehead atoms. The number of carboxylic acid groups (broad SMARTS) is 1. The SMILES string of the molecule is CS(=O)(=O)CCCn1nccc1C(=O)O. The molecule has 1 rings (SSSR count). The maximum absolute atomic E-state index is 10.8. The smallest absolute Gasteiger partial charge is 0.354 e. The van der Waals surface area contributed by atoms with E-state index in [9.17, 15) is 13.2 Å². The standard InChI is InChI=1S/C8H12N2O4S/c1-15(13,14)6-2-5-10-7(8(11)12)3-4-9-10/h3-4H,2,5-6H2,1H3,(H,11,12). The average molecular weight is 232 g/mol. The zero-order valence-corrected chi connectivity index (χ0v) is 9.07. The van der Waals surface area contributed by atoms with Gasteiger partial charge in [0.25, 0.3) is 0 Å². The highest BCUT2D eigenvalue weighted by Gasteiger charge is 2.10. The summed E-state index contributed by atoms with van der Waals surface area (Å²) in [4.78, 5) is 10.7. The molecule has 1 heterocycles. The minimum absolute atomic E-state index is 0.0336. The lowest BCUT2D eigenvalue weighted by molar-refractivity contribution is 0.0683. The molecule has 7 heteroatoms. The van der Waals surface area contributed by atoms with Gasteiger partial charge in [0.1, 0.15) is 15.5 Å². The molecule has 1 N–H and O–H groups in total. The fourth-order valence-electron chi connectivity index (χ4n) is 1.17. The van der Waals surface area contributed by atoms with Crippen LogP contribution >= 0.6 is 0 Å². The maximum Gasteiger partial charge on any atom is 0.354 e. The van der Waals surface area contributed by atoms with Crippen LogP contribution in [0.1, 0.15) is 16.9 Å². The Morgan fingerprint density at radius 3 is 2.80 bits per heavy atom. The molecule has 0 fully saturated rings. The van der Waals surface area contributed by atoms with Crippen molar-refractivity contribution in [1.29, 1.82) is 0 Å². The molecule has 0 amide bonds. The van der Waals surface area contributed by atoms with E-state index in [4.69, 9.17) is 5.11 Å². The largest absolute Gasteiger partial charge is 0.477 e. The topological polar surface area (TPSA) is 89.3 Å². The van der Waals surface area contributed by atoms with Crippen LogP contribution in [0, 0.1) is 0 Å². The summed E-state index contributed by atoms with van der Waals surface area (Å²) in [6, 6.07) is 1.38. The maximum atomic E-state index is 10.8. The molecule has 0 spiro atoms. The lowest BCUT2D eigenvalue weighted by atomic mass is 10.4. The Labute approximate surface area is 87.4 Å². The number of sulfone groups is 1. The highest BCUT2D eigenvalue weighted by Crippen LogP contribution is 2.01. The summed E-state index contributed by atoms with van der Waals surface area (Å²) in [6.45, 7) is 0.293. The number of hydrogen-bond donors (Lipinski definition) is 1. The zero-order valence-electron chi connectivity index (χ0n) is 8.25. The summed E-state index contributed by atoms with van der Waals surface area (Å²) in [5, 5.41) is 12.5. The fraction of sp³-hybridized carbons (Fsp3) is 0.500. The molecular weight excluding hydrogens is 220 g/mol. The number of nitrogens with zero attached hydrogens (tertiary/aromatic N) is 2. The summed E-state index contributed by atoms with van der Waals surface area (Å²) >= 11 is 0. The van der Waals surface area contributed by atoms with E-state index >= 15 is 0 Å². The van der Waals surface area contributed by atoms with Gasteiger partial charge in [-0.1, -0.05) is 0 Å². The number of carbonyl (C=O) groups is 1. The Hall–Kier alpha value is -1.37. The Bertz CT molecular complexity index is 449. The molecule has 1 aromatic heterocycles. The highest BCUT2D eigenvalue weighted by molar-refractivity contribution is 7.90. The molecule has 6 nitrogen and oxygen atoms in total. The monoisotopic (exact) mass is 232 g/mol.